The molecular formula is C11H17N3O4S. The zero-order valence-electron chi connectivity index (χ0n) is 11.0. The van der Waals surface area contributed by atoms with Crippen molar-refractivity contribution in [2.45, 2.75) is 24.8 Å². The van der Waals surface area contributed by atoms with Crippen LogP contribution in [0.2, 0.25) is 0 Å². The van der Waals surface area contributed by atoms with Crippen molar-refractivity contribution in [1.29, 1.82) is 0 Å². The van der Waals surface area contributed by atoms with Crippen LogP contribution in [0, 0.1) is 0 Å². The fourth-order valence-electron chi connectivity index (χ4n) is 1.40. The lowest BCUT2D eigenvalue weighted by atomic mass is 10.3. The van der Waals surface area contributed by atoms with Gasteiger partial charge in [0, 0.05) is 25.9 Å². The standard InChI is InChI=1S/C11H17N3O4S/c1-4-14(3)11(16)8(2)13-19(17,18)9-5-6-10(15)12-7-9/h5-8,13H,4H2,1-3H3,(H,12,15). The third-order valence-corrected chi connectivity index (χ3v) is 4.16. The van der Waals surface area contributed by atoms with Gasteiger partial charge < -0.3 is 9.88 Å². The molecule has 0 bridgehead atoms. The van der Waals surface area contributed by atoms with E-state index in [9.17, 15) is 18.0 Å². The van der Waals surface area contributed by atoms with Gasteiger partial charge in [0.25, 0.3) is 0 Å². The normalized spacial score (nSPS) is 13.0. The number of hydrogen-bond donors (Lipinski definition) is 2. The first-order valence-corrected chi connectivity index (χ1v) is 7.22. The highest BCUT2D eigenvalue weighted by Crippen LogP contribution is 2.06. The van der Waals surface area contributed by atoms with Gasteiger partial charge in [-0.05, 0) is 19.9 Å². The van der Waals surface area contributed by atoms with Gasteiger partial charge in [-0.3, -0.25) is 9.59 Å². The average molecular weight is 287 g/mol. The number of aromatic amines is 1. The molecule has 0 saturated heterocycles. The lowest BCUT2D eigenvalue weighted by Crippen LogP contribution is -2.45. The summed E-state index contributed by atoms with van der Waals surface area (Å²) in [6.45, 7) is 3.75. The molecule has 1 amide bonds. The minimum Gasteiger partial charge on any atom is -0.345 e. The maximum Gasteiger partial charge on any atom is 0.247 e. The predicted octanol–water partition coefficient (Wildman–Crippen LogP) is -0.480. The van der Waals surface area contributed by atoms with Crippen LogP contribution < -0.4 is 10.3 Å². The molecule has 0 aliphatic rings. The highest BCUT2D eigenvalue weighted by Gasteiger charge is 2.23. The number of hydrogen-bond acceptors (Lipinski definition) is 4. The summed E-state index contributed by atoms with van der Waals surface area (Å²) in [5.74, 6) is -0.324. The van der Waals surface area contributed by atoms with E-state index in [-0.39, 0.29) is 10.8 Å². The van der Waals surface area contributed by atoms with Crippen molar-refractivity contribution >= 4 is 15.9 Å². The van der Waals surface area contributed by atoms with Crippen LogP contribution in [0.5, 0.6) is 0 Å². The molecule has 0 saturated carbocycles. The highest BCUT2D eigenvalue weighted by atomic mass is 32.2. The molecule has 1 atom stereocenters. The Morgan fingerprint density at radius 3 is 2.58 bits per heavy atom. The number of pyridine rings is 1. The van der Waals surface area contributed by atoms with Gasteiger partial charge in [-0.15, -0.1) is 0 Å². The summed E-state index contributed by atoms with van der Waals surface area (Å²) >= 11 is 0. The van der Waals surface area contributed by atoms with Crippen LogP contribution in [0.4, 0.5) is 0 Å². The van der Waals surface area contributed by atoms with Crippen molar-refractivity contribution in [1.82, 2.24) is 14.6 Å². The Bertz CT molecular complexity index is 588. The molecule has 7 nitrogen and oxygen atoms in total. The number of sulfonamides is 1. The summed E-state index contributed by atoms with van der Waals surface area (Å²) < 4.78 is 26.2. The Labute approximate surface area is 111 Å². The number of rotatable bonds is 5. The Kier molecular flexibility index (Phi) is 4.84. The van der Waals surface area contributed by atoms with Crippen molar-refractivity contribution in [2.75, 3.05) is 13.6 Å². The highest BCUT2D eigenvalue weighted by molar-refractivity contribution is 7.89. The number of carbonyl (C=O) groups is 1. The van der Waals surface area contributed by atoms with E-state index in [4.69, 9.17) is 0 Å². The van der Waals surface area contributed by atoms with E-state index in [0.717, 1.165) is 12.3 Å². The number of aromatic nitrogens is 1. The fraction of sp³-hybridized carbons (Fsp3) is 0.455. The molecule has 0 aromatic carbocycles. The molecule has 0 radical (unpaired) electrons. The number of nitrogens with zero attached hydrogens (tertiary/aromatic N) is 1. The van der Waals surface area contributed by atoms with Gasteiger partial charge in [0.05, 0.1) is 10.9 Å². The maximum absolute atomic E-state index is 12.0. The van der Waals surface area contributed by atoms with Crippen molar-refractivity contribution in [2.24, 2.45) is 0 Å². The van der Waals surface area contributed by atoms with Crippen LogP contribution in [0.25, 0.3) is 0 Å². The summed E-state index contributed by atoms with van der Waals surface area (Å²) in [5, 5.41) is 0. The van der Waals surface area contributed by atoms with Gasteiger partial charge in [0.15, 0.2) is 0 Å². The average Bonchev–Trinajstić information content (AvgIpc) is 2.36. The minimum absolute atomic E-state index is 0.0918. The molecule has 1 heterocycles. The Morgan fingerprint density at radius 2 is 2.11 bits per heavy atom. The number of H-pyrrole nitrogens is 1. The second-order valence-corrected chi connectivity index (χ2v) is 5.80. The zero-order chi connectivity index (χ0) is 14.6. The smallest absolute Gasteiger partial charge is 0.247 e. The molecular weight excluding hydrogens is 270 g/mol. The van der Waals surface area contributed by atoms with Crippen molar-refractivity contribution in [3.8, 4) is 0 Å². The zero-order valence-corrected chi connectivity index (χ0v) is 11.8. The van der Waals surface area contributed by atoms with Gasteiger partial charge in [-0.1, -0.05) is 0 Å². The number of likely N-dealkylation sites (N-methyl/N-ethyl adjacent to an activating group) is 1. The lowest BCUT2D eigenvalue weighted by molar-refractivity contribution is -0.131. The molecule has 8 heteroatoms. The molecule has 0 fully saturated rings. The largest absolute Gasteiger partial charge is 0.345 e. The predicted molar refractivity (Wildman–Crippen MR) is 70.2 cm³/mol. The molecule has 1 aromatic heterocycles. The SMILES string of the molecule is CCN(C)C(=O)C(C)NS(=O)(=O)c1ccc(=O)[nH]c1. The monoisotopic (exact) mass is 287 g/mol. The van der Waals surface area contributed by atoms with Crippen molar-refractivity contribution in [3.05, 3.63) is 28.7 Å². The maximum atomic E-state index is 12.0. The minimum atomic E-state index is -3.83. The summed E-state index contributed by atoms with van der Waals surface area (Å²) in [6.07, 6.45) is 1.09. The van der Waals surface area contributed by atoms with Crippen LogP contribution >= 0.6 is 0 Å². The third-order valence-electron chi connectivity index (χ3n) is 2.62. The Morgan fingerprint density at radius 1 is 1.47 bits per heavy atom. The van der Waals surface area contributed by atoms with Crippen LogP contribution in [-0.2, 0) is 14.8 Å². The van der Waals surface area contributed by atoms with E-state index in [1.165, 1.54) is 17.9 Å². The molecule has 0 aliphatic carbocycles. The first kappa shape index (κ1) is 15.4. The van der Waals surface area contributed by atoms with Crippen molar-refractivity contribution in [3.63, 3.8) is 0 Å². The number of carbonyl (C=O) groups excluding carboxylic acids is 1. The van der Waals surface area contributed by atoms with E-state index in [2.05, 4.69) is 9.71 Å². The molecule has 1 aromatic rings. The van der Waals surface area contributed by atoms with E-state index >= 15 is 0 Å². The summed E-state index contributed by atoms with van der Waals surface area (Å²) in [4.78, 5) is 26.3. The fourth-order valence-corrected chi connectivity index (χ4v) is 2.56. The Balaban J connectivity index is 2.88. The molecule has 106 valence electrons. The second-order valence-electron chi connectivity index (χ2n) is 4.08. The van der Waals surface area contributed by atoms with Gasteiger partial charge in [-0.2, -0.15) is 4.72 Å². The molecule has 1 rings (SSSR count). The van der Waals surface area contributed by atoms with Crippen LogP contribution in [0.15, 0.2) is 28.0 Å². The van der Waals surface area contributed by atoms with Gasteiger partial charge in [0.2, 0.25) is 21.5 Å². The van der Waals surface area contributed by atoms with Gasteiger partial charge in [-0.25, -0.2) is 8.42 Å². The van der Waals surface area contributed by atoms with Crippen molar-refractivity contribution < 1.29 is 13.2 Å². The number of amides is 1. The van der Waals surface area contributed by atoms with E-state index in [1.54, 1.807) is 14.0 Å². The van der Waals surface area contributed by atoms with Crippen LogP contribution in [0.1, 0.15) is 13.8 Å². The first-order valence-electron chi connectivity index (χ1n) is 5.74. The summed E-state index contributed by atoms with van der Waals surface area (Å²) in [5.41, 5.74) is -0.395. The molecule has 0 aliphatic heterocycles. The molecule has 0 spiro atoms. The number of nitrogens with one attached hydrogen (secondary N) is 2. The summed E-state index contributed by atoms with van der Waals surface area (Å²) in [7, 11) is -2.24. The topological polar surface area (TPSA) is 99.3 Å². The second kappa shape index (κ2) is 5.98. The molecule has 2 N–H and O–H groups in total. The van der Waals surface area contributed by atoms with E-state index < -0.39 is 21.6 Å². The first-order chi connectivity index (χ1) is 8.77. The van der Waals surface area contributed by atoms with Gasteiger partial charge >= 0.3 is 0 Å². The van der Waals surface area contributed by atoms with E-state index in [1.807, 2.05) is 0 Å². The lowest BCUT2D eigenvalue weighted by Gasteiger charge is -2.20. The van der Waals surface area contributed by atoms with Crippen LogP contribution in [0.3, 0.4) is 0 Å². The van der Waals surface area contributed by atoms with Gasteiger partial charge in [0.1, 0.15) is 0 Å². The third kappa shape index (κ3) is 3.90. The molecule has 1 unspecified atom stereocenters. The molecule has 19 heavy (non-hydrogen) atoms. The Hall–Kier alpha value is -1.67. The quantitative estimate of drug-likeness (QED) is 0.764. The summed E-state index contributed by atoms with van der Waals surface area (Å²) in [6, 6.07) is 1.42. The van der Waals surface area contributed by atoms with E-state index in [0.29, 0.717) is 6.54 Å². The van der Waals surface area contributed by atoms with Crippen LogP contribution in [-0.4, -0.2) is 43.8 Å².